The number of hydrogen-bond acceptors (Lipinski definition) is 3. The molecule has 1 aliphatic carbocycles. The van der Waals surface area contributed by atoms with E-state index >= 15 is 0 Å². The van der Waals surface area contributed by atoms with Crippen LogP contribution in [0.5, 0.6) is 0 Å². The number of rotatable bonds is 6. The number of fused-ring (bicyclic) bond motifs is 1. The monoisotopic (exact) mass is 419 g/mol. The third-order valence-electron chi connectivity index (χ3n) is 5.04. The molecular weight excluding hydrogens is 395 g/mol. The number of nitrogens with zero attached hydrogens (tertiary/aromatic N) is 1. The smallest absolute Gasteiger partial charge is 0.348 e. The van der Waals surface area contributed by atoms with Gasteiger partial charge in [-0.15, -0.1) is 0 Å². The Hall–Kier alpha value is -2.87. The summed E-state index contributed by atoms with van der Waals surface area (Å²) in [5.74, 6) is -0.854. The number of carbonyl (C=O) groups is 2. The maximum absolute atomic E-state index is 13.0. The lowest BCUT2D eigenvalue weighted by Crippen LogP contribution is -2.41. The summed E-state index contributed by atoms with van der Waals surface area (Å²) in [6.07, 6.45) is -1.74. The Morgan fingerprint density at radius 2 is 1.70 bits per heavy atom. The summed E-state index contributed by atoms with van der Waals surface area (Å²) in [7, 11) is 1.57. The minimum absolute atomic E-state index is 0.0347. The number of halogens is 3. The molecule has 2 amide bonds. The molecule has 0 saturated heterocycles. The van der Waals surface area contributed by atoms with Gasteiger partial charge in [-0.25, -0.2) is 0 Å². The Morgan fingerprint density at radius 1 is 1.03 bits per heavy atom. The van der Waals surface area contributed by atoms with Crippen LogP contribution in [0.4, 0.5) is 18.9 Å². The second kappa shape index (κ2) is 9.30. The number of carbonyl (C=O) groups excluding carboxylic acids is 2. The molecule has 2 N–H and O–H groups in total. The Labute approximate surface area is 173 Å². The van der Waals surface area contributed by atoms with Crippen LogP contribution >= 0.6 is 0 Å². The van der Waals surface area contributed by atoms with Crippen molar-refractivity contribution in [2.24, 2.45) is 0 Å². The molecule has 5 nitrogen and oxygen atoms in total. The summed E-state index contributed by atoms with van der Waals surface area (Å²) >= 11 is 0. The Bertz CT molecular complexity index is 914. The summed E-state index contributed by atoms with van der Waals surface area (Å²) in [6, 6.07) is 12.7. The van der Waals surface area contributed by atoms with E-state index in [2.05, 4.69) is 16.7 Å². The first-order chi connectivity index (χ1) is 14.2. The van der Waals surface area contributed by atoms with Crippen molar-refractivity contribution in [2.45, 2.75) is 31.5 Å². The first-order valence-corrected chi connectivity index (χ1v) is 9.76. The molecular formula is C22H24F3N3O2. The lowest BCUT2D eigenvalue weighted by molar-refractivity contribution is -0.137. The molecule has 160 valence electrons. The van der Waals surface area contributed by atoms with Crippen molar-refractivity contribution in [3.63, 3.8) is 0 Å². The highest BCUT2D eigenvalue weighted by Crippen LogP contribution is 2.34. The molecule has 0 fully saturated rings. The molecule has 30 heavy (non-hydrogen) atoms. The zero-order chi connectivity index (χ0) is 21.7. The van der Waals surface area contributed by atoms with Crippen molar-refractivity contribution in [1.29, 1.82) is 0 Å². The third kappa shape index (κ3) is 5.60. The van der Waals surface area contributed by atoms with Crippen molar-refractivity contribution in [3.05, 3.63) is 65.2 Å². The predicted molar refractivity (Wildman–Crippen MR) is 108 cm³/mol. The molecule has 0 heterocycles. The summed E-state index contributed by atoms with van der Waals surface area (Å²) in [5, 5.41) is 5.28. The number of anilines is 1. The topological polar surface area (TPSA) is 61.4 Å². The highest BCUT2D eigenvalue weighted by atomic mass is 19.4. The van der Waals surface area contributed by atoms with Crippen LogP contribution in [0.15, 0.2) is 48.5 Å². The van der Waals surface area contributed by atoms with E-state index in [4.69, 9.17) is 0 Å². The van der Waals surface area contributed by atoms with Gasteiger partial charge in [0.1, 0.15) is 0 Å². The quantitative estimate of drug-likeness (QED) is 0.749. The average Bonchev–Trinajstić information content (AvgIpc) is 2.67. The molecule has 0 aliphatic heterocycles. The van der Waals surface area contributed by atoms with Crippen LogP contribution in [0.25, 0.3) is 0 Å². The van der Waals surface area contributed by atoms with Crippen LogP contribution in [0, 0.1) is 0 Å². The lowest BCUT2D eigenvalue weighted by atomic mass is 9.88. The van der Waals surface area contributed by atoms with Crippen molar-refractivity contribution in [1.82, 2.24) is 10.2 Å². The van der Waals surface area contributed by atoms with Gasteiger partial charge in [0.15, 0.2) is 0 Å². The second-order valence-corrected chi connectivity index (χ2v) is 7.47. The van der Waals surface area contributed by atoms with Gasteiger partial charge in [0, 0.05) is 0 Å². The molecule has 0 aromatic heterocycles. The largest absolute Gasteiger partial charge is 0.418 e. The van der Waals surface area contributed by atoms with E-state index in [0.717, 1.165) is 30.9 Å². The van der Waals surface area contributed by atoms with Crippen LogP contribution in [0.1, 0.15) is 35.6 Å². The van der Waals surface area contributed by atoms with E-state index in [-0.39, 0.29) is 30.7 Å². The summed E-state index contributed by atoms with van der Waals surface area (Å²) in [4.78, 5) is 26.1. The van der Waals surface area contributed by atoms with Gasteiger partial charge >= 0.3 is 6.18 Å². The van der Waals surface area contributed by atoms with Gasteiger partial charge < -0.3 is 10.6 Å². The number of benzene rings is 2. The van der Waals surface area contributed by atoms with Gasteiger partial charge in [-0.2, -0.15) is 13.2 Å². The number of aryl methyl sites for hydroxylation is 1. The fourth-order valence-corrected chi connectivity index (χ4v) is 3.72. The van der Waals surface area contributed by atoms with Crippen LogP contribution in [-0.4, -0.2) is 36.9 Å². The van der Waals surface area contributed by atoms with Crippen LogP contribution in [-0.2, 0) is 22.2 Å². The maximum Gasteiger partial charge on any atom is 0.418 e. The molecule has 0 spiro atoms. The summed E-state index contributed by atoms with van der Waals surface area (Å²) in [6.45, 7) is -0.242. The van der Waals surface area contributed by atoms with E-state index in [1.807, 2.05) is 18.2 Å². The van der Waals surface area contributed by atoms with Crippen LogP contribution in [0.2, 0.25) is 0 Å². The molecule has 1 atom stereocenters. The highest BCUT2D eigenvalue weighted by molar-refractivity contribution is 5.93. The zero-order valence-corrected chi connectivity index (χ0v) is 16.6. The first-order valence-electron chi connectivity index (χ1n) is 9.76. The molecule has 1 aliphatic rings. The third-order valence-corrected chi connectivity index (χ3v) is 5.04. The van der Waals surface area contributed by atoms with Gasteiger partial charge in [-0.1, -0.05) is 36.4 Å². The minimum Gasteiger partial charge on any atom is -0.348 e. The number of nitrogens with one attached hydrogen (secondary N) is 2. The van der Waals surface area contributed by atoms with Gasteiger partial charge in [0.2, 0.25) is 11.8 Å². The van der Waals surface area contributed by atoms with Crippen molar-refractivity contribution in [3.8, 4) is 0 Å². The van der Waals surface area contributed by atoms with E-state index in [9.17, 15) is 22.8 Å². The van der Waals surface area contributed by atoms with Crippen molar-refractivity contribution in [2.75, 3.05) is 25.5 Å². The van der Waals surface area contributed by atoms with E-state index < -0.39 is 17.6 Å². The summed E-state index contributed by atoms with van der Waals surface area (Å²) < 4.78 is 39.1. The normalized spacial score (nSPS) is 16.1. The average molecular weight is 419 g/mol. The molecule has 2 aromatic rings. The number of alkyl halides is 3. The van der Waals surface area contributed by atoms with Gasteiger partial charge in [0.05, 0.1) is 30.4 Å². The van der Waals surface area contributed by atoms with E-state index in [0.29, 0.717) is 0 Å². The molecule has 3 rings (SSSR count). The van der Waals surface area contributed by atoms with E-state index in [1.54, 1.807) is 7.05 Å². The Morgan fingerprint density at radius 3 is 2.47 bits per heavy atom. The van der Waals surface area contributed by atoms with Crippen LogP contribution < -0.4 is 10.6 Å². The zero-order valence-electron chi connectivity index (χ0n) is 16.6. The number of para-hydroxylation sites is 1. The van der Waals surface area contributed by atoms with Gasteiger partial charge in [-0.3, -0.25) is 14.5 Å². The highest BCUT2D eigenvalue weighted by Gasteiger charge is 2.33. The SMILES string of the molecule is CN(CC(=O)Nc1ccccc1C(F)(F)F)CC(=O)N[C@H]1CCCc2ccccc21. The van der Waals surface area contributed by atoms with Gasteiger partial charge in [0.25, 0.3) is 0 Å². The maximum atomic E-state index is 13.0. The Balaban J connectivity index is 1.53. The molecule has 0 bridgehead atoms. The number of hydrogen-bond donors (Lipinski definition) is 2. The molecule has 0 saturated carbocycles. The number of amides is 2. The molecule has 0 radical (unpaired) electrons. The minimum atomic E-state index is -4.56. The van der Waals surface area contributed by atoms with E-state index in [1.165, 1.54) is 28.7 Å². The second-order valence-electron chi connectivity index (χ2n) is 7.47. The van der Waals surface area contributed by atoms with Crippen molar-refractivity contribution < 1.29 is 22.8 Å². The number of likely N-dealkylation sites (N-methyl/N-ethyl adjacent to an activating group) is 1. The lowest BCUT2D eigenvalue weighted by Gasteiger charge is -2.27. The Kier molecular flexibility index (Phi) is 6.77. The standard InChI is InChI=1S/C22H24F3N3O2/c1-28(14-21(30)27-19-11-5-4-10-17(19)22(23,24)25)13-20(29)26-18-12-6-8-15-7-2-3-9-16(15)18/h2-5,7,9-11,18H,6,8,12-14H2,1H3,(H,26,29)(H,27,30)/t18-/m0/s1. The fourth-order valence-electron chi connectivity index (χ4n) is 3.72. The molecule has 8 heteroatoms. The van der Waals surface area contributed by atoms with Crippen LogP contribution in [0.3, 0.4) is 0 Å². The fraction of sp³-hybridized carbons (Fsp3) is 0.364. The van der Waals surface area contributed by atoms with Crippen molar-refractivity contribution >= 4 is 17.5 Å². The van der Waals surface area contributed by atoms with Gasteiger partial charge in [-0.05, 0) is 49.6 Å². The summed E-state index contributed by atoms with van der Waals surface area (Å²) in [5.41, 5.74) is 1.13. The first kappa shape index (κ1) is 21.8. The molecule has 2 aromatic carbocycles. The predicted octanol–water partition coefficient (Wildman–Crippen LogP) is 3.77. The molecule has 0 unspecified atom stereocenters.